The number of nitrogens with zero attached hydrogens (tertiary/aromatic N) is 2. The van der Waals surface area contributed by atoms with Gasteiger partial charge in [-0.1, -0.05) is 41.4 Å². The molecule has 1 aromatic heterocycles. The number of carbonyl (C=O) groups is 2. The maximum absolute atomic E-state index is 12.6. The van der Waals surface area contributed by atoms with E-state index in [2.05, 4.69) is 36.1 Å². The zero-order chi connectivity index (χ0) is 18.5. The second kappa shape index (κ2) is 7.88. The van der Waals surface area contributed by atoms with Crippen LogP contribution in [0.4, 0.5) is 0 Å². The molecule has 0 bridgehead atoms. The summed E-state index contributed by atoms with van der Waals surface area (Å²) in [6.45, 7) is 10.6. The van der Waals surface area contributed by atoms with Gasteiger partial charge in [0.05, 0.1) is 11.6 Å². The summed E-state index contributed by atoms with van der Waals surface area (Å²) < 4.78 is 0. The Labute approximate surface area is 144 Å². The third-order valence-electron chi connectivity index (χ3n) is 3.80. The molecule has 7 heteroatoms. The van der Waals surface area contributed by atoms with Gasteiger partial charge >= 0.3 is 6.92 Å². The molecule has 1 amide bonds. The summed E-state index contributed by atoms with van der Waals surface area (Å²) in [6, 6.07) is 0. The summed E-state index contributed by atoms with van der Waals surface area (Å²) in [5.41, 5.74) is -0.686. The second-order valence-electron chi connectivity index (χ2n) is 8.16. The van der Waals surface area contributed by atoms with Crippen LogP contribution < -0.4 is 5.32 Å². The number of nitrogens with one attached hydrogen (secondary N) is 1. The topological polar surface area (TPSA) is 92.2 Å². The number of ketones is 1. The van der Waals surface area contributed by atoms with Crippen molar-refractivity contribution in [2.75, 3.05) is 0 Å². The molecule has 0 saturated carbocycles. The summed E-state index contributed by atoms with van der Waals surface area (Å²) in [5.74, 6) is -0.842. The van der Waals surface area contributed by atoms with Gasteiger partial charge in [-0.3, -0.25) is 14.6 Å². The van der Waals surface area contributed by atoms with Crippen molar-refractivity contribution in [3.05, 3.63) is 24.3 Å². The Morgan fingerprint density at radius 1 is 1.25 bits per heavy atom. The van der Waals surface area contributed by atoms with Crippen LogP contribution in [-0.2, 0) is 4.79 Å². The van der Waals surface area contributed by atoms with E-state index in [0.29, 0.717) is 6.42 Å². The van der Waals surface area contributed by atoms with Crippen molar-refractivity contribution in [2.24, 2.45) is 10.8 Å². The van der Waals surface area contributed by atoms with Crippen LogP contribution in [0.1, 0.15) is 57.9 Å². The quantitative estimate of drug-likeness (QED) is 0.589. The largest absolute Gasteiger partial charge is 0.449 e. The van der Waals surface area contributed by atoms with Gasteiger partial charge in [0.15, 0.2) is 5.78 Å². The highest BCUT2D eigenvalue weighted by molar-refractivity contribution is 6.51. The third kappa shape index (κ3) is 6.39. The minimum absolute atomic E-state index is 0.0274. The monoisotopic (exact) mass is 333 g/mol. The van der Waals surface area contributed by atoms with Gasteiger partial charge in [0, 0.05) is 24.8 Å². The summed E-state index contributed by atoms with van der Waals surface area (Å²) in [5, 5.41) is 12.8. The van der Waals surface area contributed by atoms with Gasteiger partial charge in [0.2, 0.25) is 5.91 Å². The van der Waals surface area contributed by atoms with Crippen LogP contribution in [0.2, 0.25) is 6.82 Å². The van der Waals surface area contributed by atoms with Gasteiger partial charge in [-0.25, -0.2) is 4.98 Å². The van der Waals surface area contributed by atoms with Crippen molar-refractivity contribution < 1.29 is 14.6 Å². The average molecular weight is 333 g/mol. The molecule has 0 aliphatic carbocycles. The highest BCUT2D eigenvalue weighted by Gasteiger charge is 2.35. The first-order valence-electron chi connectivity index (χ1n) is 8.20. The van der Waals surface area contributed by atoms with Gasteiger partial charge in [-0.15, -0.1) is 0 Å². The highest BCUT2D eigenvalue weighted by atomic mass is 16.2. The van der Waals surface area contributed by atoms with Gasteiger partial charge in [-0.05, 0) is 11.8 Å². The Kier molecular flexibility index (Phi) is 6.66. The number of hydrogen-bond donors (Lipinski definition) is 2. The van der Waals surface area contributed by atoms with Crippen molar-refractivity contribution in [3.8, 4) is 0 Å². The fraction of sp³-hybridized carbons (Fsp3) is 0.647. The minimum Gasteiger partial charge on any atom is -0.449 e. The maximum atomic E-state index is 12.6. The Bertz CT molecular complexity index is 568. The Hall–Kier alpha value is -1.76. The first-order valence-corrected chi connectivity index (χ1v) is 8.20. The maximum Gasteiger partial charge on any atom is 0.308 e. The fourth-order valence-electron chi connectivity index (χ4n) is 2.38. The lowest BCUT2D eigenvalue weighted by atomic mass is 9.59. The van der Waals surface area contributed by atoms with Gasteiger partial charge in [-0.2, -0.15) is 0 Å². The minimum atomic E-state index is -0.903. The molecule has 132 valence electrons. The molecule has 0 aliphatic heterocycles. The molecule has 0 spiro atoms. The number of hydrogen-bond acceptors (Lipinski definition) is 5. The van der Waals surface area contributed by atoms with Crippen LogP contribution in [0.5, 0.6) is 0 Å². The van der Waals surface area contributed by atoms with Gasteiger partial charge < -0.3 is 10.3 Å². The molecule has 0 radical (unpaired) electrons. The molecular formula is C17H28BN3O3. The third-order valence-corrected chi connectivity index (χ3v) is 3.80. The molecule has 6 nitrogen and oxygen atoms in total. The van der Waals surface area contributed by atoms with Crippen molar-refractivity contribution in [1.29, 1.82) is 0 Å². The Balaban J connectivity index is 2.78. The average Bonchev–Trinajstić information content (AvgIpc) is 2.45. The first kappa shape index (κ1) is 20.3. The van der Waals surface area contributed by atoms with Crippen molar-refractivity contribution >= 4 is 18.6 Å². The molecule has 0 unspecified atom stereocenters. The summed E-state index contributed by atoms with van der Waals surface area (Å²) in [6.07, 6.45) is 5.01. The Morgan fingerprint density at radius 2 is 1.88 bits per heavy atom. The first-order chi connectivity index (χ1) is 10.9. The van der Waals surface area contributed by atoms with Gasteiger partial charge in [0.25, 0.3) is 0 Å². The molecular weight excluding hydrogens is 305 g/mol. The van der Waals surface area contributed by atoms with Crippen LogP contribution in [0.25, 0.3) is 0 Å². The molecule has 1 rings (SSSR count). The normalized spacial score (nSPS) is 13.3. The van der Waals surface area contributed by atoms with E-state index in [1.165, 1.54) is 18.6 Å². The molecule has 1 atom stereocenters. The highest BCUT2D eigenvalue weighted by Crippen LogP contribution is 2.25. The van der Waals surface area contributed by atoms with Crippen LogP contribution in [0.3, 0.4) is 0 Å². The molecule has 1 heterocycles. The molecule has 0 saturated heterocycles. The van der Waals surface area contributed by atoms with Crippen LogP contribution >= 0.6 is 0 Å². The molecule has 0 aromatic carbocycles. The van der Waals surface area contributed by atoms with Crippen LogP contribution in [0, 0.1) is 10.8 Å². The van der Waals surface area contributed by atoms with E-state index in [1.54, 1.807) is 20.7 Å². The molecule has 0 aliphatic rings. The van der Waals surface area contributed by atoms with Crippen molar-refractivity contribution in [3.63, 3.8) is 0 Å². The van der Waals surface area contributed by atoms with E-state index in [4.69, 9.17) is 0 Å². The molecule has 2 N–H and O–H groups in total. The lowest BCUT2D eigenvalue weighted by Gasteiger charge is -2.31. The lowest BCUT2D eigenvalue weighted by molar-refractivity contribution is -0.129. The zero-order valence-electron chi connectivity index (χ0n) is 15.5. The second-order valence-corrected chi connectivity index (χ2v) is 8.16. The van der Waals surface area contributed by atoms with E-state index < -0.39 is 12.3 Å². The Morgan fingerprint density at radius 3 is 2.33 bits per heavy atom. The lowest BCUT2D eigenvalue weighted by Crippen LogP contribution is -2.51. The zero-order valence-corrected chi connectivity index (χ0v) is 15.5. The number of amides is 1. The van der Waals surface area contributed by atoms with E-state index >= 15 is 0 Å². The van der Waals surface area contributed by atoms with E-state index in [0.717, 1.165) is 0 Å². The number of carbonyl (C=O) groups excluding carboxylic acids is 2. The molecule has 1 aromatic rings. The SMILES string of the molecule is CB(O)[C@H](CC(C)(C)C)NC(=O)C(C)(C)CC(=O)c1cnccn1. The number of rotatable bonds is 7. The van der Waals surface area contributed by atoms with Crippen LogP contribution in [0.15, 0.2) is 18.6 Å². The summed E-state index contributed by atoms with van der Waals surface area (Å²) in [4.78, 5) is 32.8. The van der Waals surface area contributed by atoms with E-state index in [9.17, 15) is 14.6 Å². The van der Waals surface area contributed by atoms with E-state index in [1.807, 2.05) is 0 Å². The standard InChI is InChI=1S/C17H28BN3O3/c1-16(2,3)10-14(18(6)24)21-15(23)17(4,5)9-13(22)12-11-19-7-8-20-12/h7-8,11,14,24H,9-10H2,1-6H3,(H,21,23)/t14-/m0/s1. The number of aromatic nitrogens is 2. The molecule has 0 fully saturated rings. The predicted octanol–water partition coefficient (Wildman–Crippen LogP) is 2.15. The van der Waals surface area contributed by atoms with Crippen molar-refractivity contribution in [1.82, 2.24) is 15.3 Å². The smallest absolute Gasteiger partial charge is 0.308 e. The fourth-order valence-corrected chi connectivity index (χ4v) is 2.38. The van der Waals surface area contributed by atoms with E-state index in [-0.39, 0.29) is 35.2 Å². The van der Waals surface area contributed by atoms with Gasteiger partial charge in [0.1, 0.15) is 5.69 Å². The summed E-state index contributed by atoms with van der Waals surface area (Å²) in [7, 11) is 0. The number of Topliss-reactive ketones (excluding diaryl/α,β-unsaturated/α-hetero) is 1. The molecule has 24 heavy (non-hydrogen) atoms. The predicted molar refractivity (Wildman–Crippen MR) is 94.6 cm³/mol. The summed E-state index contributed by atoms with van der Waals surface area (Å²) >= 11 is 0. The van der Waals surface area contributed by atoms with Crippen molar-refractivity contribution in [2.45, 2.75) is 60.2 Å². The van der Waals surface area contributed by atoms with Crippen LogP contribution in [-0.4, -0.2) is 39.5 Å².